The highest BCUT2D eigenvalue weighted by molar-refractivity contribution is 4.51. The number of hydrogen-bond donors (Lipinski definition) is 0. The van der Waals surface area contributed by atoms with Crippen molar-refractivity contribution in [3.8, 4) is 0 Å². The van der Waals surface area contributed by atoms with Crippen LogP contribution in [0, 0.1) is 12.8 Å². The van der Waals surface area contributed by atoms with Crippen LogP contribution < -0.4 is 0 Å². The van der Waals surface area contributed by atoms with Crippen LogP contribution in [-0.2, 0) is 0 Å². The summed E-state index contributed by atoms with van der Waals surface area (Å²) in [5.41, 5.74) is 0. The topological polar surface area (TPSA) is 0 Å². The van der Waals surface area contributed by atoms with Gasteiger partial charge in [-0.1, -0.05) is 149 Å². The summed E-state index contributed by atoms with van der Waals surface area (Å²) >= 11 is 0. The molecule has 0 saturated heterocycles. The predicted molar refractivity (Wildman–Crippen MR) is 113 cm³/mol. The summed E-state index contributed by atoms with van der Waals surface area (Å²) in [4.78, 5) is 0. The van der Waals surface area contributed by atoms with Gasteiger partial charge >= 0.3 is 0 Å². The minimum absolute atomic E-state index is 0.897. The van der Waals surface area contributed by atoms with E-state index in [2.05, 4.69) is 20.8 Å². The van der Waals surface area contributed by atoms with Gasteiger partial charge in [-0.2, -0.15) is 0 Å². The Morgan fingerprint density at radius 3 is 0.917 bits per heavy atom. The molecule has 0 aromatic heterocycles. The van der Waals surface area contributed by atoms with Crippen LogP contribution in [0.25, 0.3) is 0 Å². The van der Waals surface area contributed by atoms with Gasteiger partial charge in [0.1, 0.15) is 0 Å². The van der Waals surface area contributed by atoms with Crippen molar-refractivity contribution in [2.24, 2.45) is 5.92 Å². The van der Waals surface area contributed by atoms with Gasteiger partial charge < -0.3 is 0 Å². The second-order valence-corrected chi connectivity index (χ2v) is 8.40. The summed E-state index contributed by atoms with van der Waals surface area (Å²) < 4.78 is 0. The highest BCUT2D eigenvalue weighted by Crippen LogP contribution is 2.15. The maximum atomic E-state index is 3.90. The molecule has 0 atom stereocenters. The molecule has 145 valence electrons. The predicted octanol–water partition coefficient (Wildman–Crippen LogP) is 9.28. The molecule has 0 nitrogen and oxygen atoms in total. The Hall–Kier alpha value is 0. The Balaban J connectivity index is 2.95. The van der Waals surface area contributed by atoms with Crippen LogP contribution in [0.3, 0.4) is 0 Å². The molecule has 0 unspecified atom stereocenters. The molecule has 0 heterocycles. The van der Waals surface area contributed by atoms with Crippen molar-refractivity contribution in [3.05, 3.63) is 6.92 Å². The zero-order chi connectivity index (χ0) is 17.7. The fourth-order valence-electron chi connectivity index (χ4n) is 3.56. The van der Waals surface area contributed by atoms with Crippen LogP contribution in [0.4, 0.5) is 0 Å². The lowest BCUT2D eigenvalue weighted by Crippen LogP contribution is -1.87. The Morgan fingerprint density at radius 1 is 0.417 bits per heavy atom. The summed E-state index contributed by atoms with van der Waals surface area (Å²) in [6.45, 7) is 8.58. The SMILES string of the molecule is [CH2]CCCCCCCCCCCCCCCCCCCCC(C)C. The third-order valence-corrected chi connectivity index (χ3v) is 5.28. The molecular weight excluding hydrogens is 288 g/mol. The lowest BCUT2D eigenvalue weighted by atomic mass is 10.0. The van der Waals surface area contributed by atoms with E-state index in [-0.39, 0.29) is 0 Å². The molecule has 0 aromatic carbocycles. The second-order valence-electron chi connectivity index (χ2n) is 8.40. The normalized spacial score (nSPS) is 11.5. The minimum Gasteiger partial charge on any atom is -0.0628 e. The summed E-state index contributed by atoms with van der Waals surface area (Å²) in [6, 6.07) is 0. The molecule has 1 radical (unpaired) electrons. The zero-order valence-corrected chi connectivity index (χ0v) is 17.4. The fraction of sp³-hybridized carbons (Fsp3) is 0.958. The first kappa shape index (κ1) is 24.0. The number of rotatable bonds is 20. The summed E-state index contributed by atoms with van der Waals surface area (Å²) in [7, 11) is 0. The first-order valence-corrected chi connectivity index (χ1v) is 11.6. The van der Waals surface area contributed by atoms with E-state index in [1.165, 1.54) is 122 Å². The molecule has 0 aliphatic carbocycles. The van der Waals surface area contributed by atoms with Crippen LogP contribution >= 0.6 is 0 Å². The van der Waals surface area contributed by atoms with E-state index in [0.29, 0.717) is 0 Å². The highest BCUT2D eigenvalue weighted by Gasteiger charge is 1.96. The summed E-state index contributed by atoms with van der Waals surface area (Å²) in [6.07, 6.45) is 28.9. The molecule has 0 N–H and O–H groups in total. The third kappa shape index (κ3) is 22.0. The van der Waals surface area contributed by atoms with Gasteiger partial charge in [-0.05, 0) is 5.92 Å². The largest absolute Gasteiger partial charge is 0.0628 e. The van der Waals surface area contributed by atoms with Crippen molar-refractivity contribution in [3.63, 3.8) is 0 Å². The zero-order valence-electron chi connectivity index (χ0n) is 17.4. The standard InChI is InChI=1S/C24H49/c1-4-5-6-7-8-9-10-11-12-13-14-15-16-17-18-19-20-21-22-23-24(2)3/h24H,1,4-23H2,2-3H3. The Bertz CT molecular complexity index is 206. The van der Waals surface area contributed by atoms with Crippen molar-refractivity contribution < 1.29 is 0 Å². The van der Waals surface area contributed by atoms with Gasteiger partial charge in [-0.25, -0.2) is 0 Å². The summed E-state index contributed by atoms with van der Waals surface area (Å²) in [5.74, 6) is 0.897. The van der Waals surface area contributed by atoms with Crippen LogP contribution in [0.2, 0.25) is 0 Å². The average molecular weight is 338 g/mol. The molecule has 0 aliphatic heterocycles. The van der Waals surface area contributed by atoms with E-state index in [1.54, 1.807) is 0 Å². The van der Waals surface area contributed by atoms with Gasteiger partial charge in [-0.15, -0.1) is 0 Å². The van der Waals surface area contributed by atoms with Gasteiger partial charge in [0.15, 0.2) is 0 Å². The quantitative estimate of drug-likeness (QED) is 0.194. The maximum Gasteiger partial charge on any atom is -0.0471 e. The third-order valence-electron chi connectivity index (χ3n) is 5.28. The van der Waals surface area contributed by atoms with E-state index in [9.17, 15) is 0 Å². The first-order chi connectivity index (χ1) is 11.8. The maximum absolute atomic E-state index is 3.90. The van der Waals surface area contributed by atoms with Gasteiger partial charge in [0.05, 0.1) is 0 Å². The average Bonchev–Trinajstić information content (AvgIpc) is 2.56. The van der Waals surface area contributed by atoms with Gasteiger partial charge in [0.2, 0.25) is 0 Å². The molecule has 0 saturated carbocycles. The van der Waals surface area contributed by atoms with Crippen molar-refractivity contribution in [1.82, 2.24) is 0 Å². The molecule has 0 aromatic rings. The fourth-order valence-corrected chi connectivity index (χ4v) is 3.56. The summed E-state index contributed by atoms with van der Waals surface area (Å²) in [5, 5.41) is 0. The van der Waals surface area contributed by atoms with E-state index in [4.69, 9.17) is 0 Å². The van der Waals surface area contributed by atoms with Gasteiger partial charge in [0, 0.05) is 0 Å². The van der Waals surface area contributed by atoms with E-state index >= 15 is 0 Å². The first-order valence-electron chi connectivity index (χ1n) is 11.6. The van der Waals surface area contributed by atoms with Crippen molar-refractivity contribution in [1.29, 1.82) is 0 Å². The van der Waals surface area contributed by atoms with Crippen molar-refractivity contribution >= 4 is 0 Å². The van der Waals surface area contributed by atoms with Crippen molar-refractivity contribution in [2.75, 3.05) is 0 Å². The molecule has 0 aliphatic rings. The van der Waals surface area contributed by atoms with Gasteiger partial charge in [0.25, 0.3) is 0 Å². The minimum atomic E-state index is 0.897. The van der Waals surface area contributed by atoms with Crippen LogP contribution in [-0.4, -0.2) is 0 Å². The second kappa shape index (κ2) is 21.0. The van der Waals surface area contributed by atoms with E-state index < -0.39 is 0 Å². The molecule has 24 heavy (non-hydrogen) atoms. The lowest BCUT2D eigenvalue weighted by molar-refractivity contribution is 0.501. The molecule has 0 bridgehead atoms. The van der Waals surface area contributed by atoms with Crippen LogP contribution in [0.5, 0.6) is 0 Å². The number of hydrogen-bond acceptors (Lipinski definition) is 0. The Morgan fingerprint density at radius 2 is 0.667 bits per heavy atom. The lowest BCUT2D eigenvalue weighted by Gasteiger charge is -2.05. The molecular formula is C24H49. The molecule has 0 fully saturated rings. The molecule has 0 heteroatoms. The smallest absolute Gasteiger partial charge is 0.0471 e. The van der Waals surface area contributed by atoms with Crippen LogP contribution in [0.15, 0.2) is 0 Å². The molecule has 0 rings (SSSR count). The monoisotopic (exact) mass is 337 g/mol. The Kier molecular flexibility index (Phi) is 21.0. The number of unbranched alkanes of at least 4 members (excludes halogenated alkanes) is 18. The van der Waals surface area contributed by atoms with Crippen LogP contribution in [0.1, 0.15) is 142 Å². The van der Waals surface area contributed by atoms with Crippen molar-refractivity contribution in [2.45, 2.75) is 142 Å². The van der Waals surface area contributed by atoms with E-state index in [0.717, 1.165) is 12.3 Å². The van der Waals surface area contributed by atoms with Gasteiger partial charge in [-0.3, -0.25) is 0 Å². The Labute approximate surface area is 155 Å². The molecule has 0 spiro atoms. The van der Waals surface area contributed by atoms with E-state index in [1.807, 2.05) is 0 Å². The highest BCUT2D eigenvalue weighted by atomic mass is 14.0. The molecule has 0 amide bonds.